The Morgan fingerprint density at radius 3 is 2.67 bits per heavy atom. The molecule has 1 aromatic carbocycles. The fourth-order valence-electron chi connectivity index (χ4n) is 1.80. The van der Waals surface area contributed by atoms with Gasteiger partial charge in [0.05, 0.1) is 19.1 Å². The van der Waals surface area contributed by atoms with Crippen molar-refractivity contribution in [2.75, 3.05) is 13.2 Å². The van der Waals surface area contributed by atoms with E-state index in [0.717, 1.165) is 5.56 Å². The van der Waals surface area contributed by atoms with E-state index >= 15 is 0 Å². The first kappa shape index (κ1) is 10.5. The number of carbonyl (C=O) groups excluding carboxylic acids is 1. The van der Waals surface area contributed by atoms with Gasteiger partial charge in [-0.1, -0.05) is 23.7 Å². The third kappa shape index (κ3) is 1.98. The minimum atomic E-state index is -0.439. The number of cyclic esters (lactones) is 1. The molecule has 1 N–H and O–H groups in total. The lowest BCUT2D eigenvalue weighted by molar-refractivity contribution is -0.142. The molecule has 1 fully saturated rings. The van der Waals surface area contributed by atoms with Crippen molar-refractivity contribution in [3.63, 3.8) is 0 Å². The molecule has 0 amide bonds. The topological polar surface area (TPSA) is 46.5 Å². The van der Waals surface area contributed by atoms with Crippen LogP contribution in [-0.4, -0.2) is 24.3 Å². The highest BCUT2D eigenvalue weighted by Crippen LogP contribution is 2.31. The van der Waals surface area contributed by atoms with Gasteiger partial charge in [0.15, 0.2) is 0 Å². The Kier molecular flexibility index (Phi) is 2.93. The molecule has 15 heavy (non-hydrogen) atoms. The SMILES string of the molecule is O=C1OC[C@H](c2ccc(Cl)cc2)[C@H]1CO. The second-order valence-electron chi connectivity index (χ2n) is 3.58. The van der Waals surface area contributed by atoms with Gasteiger partial charge in [0.25, 0.3) is 0 Å². The number of hydrogen-bond donors (Lipinski definition) is 1. The molecule has 2 rings (SSSR count). The van der Waals surface area contributed by atoms with Crippen molar-refractivity contribution in [3.05, 3.63) is 34.9 Å². The van der Waals surface area contributed by atoms with Gasteiger partial charge in [-0.15, -0.1) is 0 Å². The molecule has 0 radical (unpaired) electrons. The van der Waals surface area contributed by atoms with Crippen LogP contribution >= 0.6 is 11.6 Å². The van der Waals surface area contributed by atoms with Gasteiger partial charge in [-0.2, -0.15) is 0 Å². The van der Waals surface area contributed by atoms with Gasteiger partial charge in [-0.25, -0.2) is 0 Å². The van der Waals surface area contributed by atoms with Gasteiger partial charge in [-0.05, 0) is 17.7 Å². The maximum absolute atomic E-state index is 11.2. The summed E-state index contributed by atoms with van der Waals surface area (Å²) in [5.74, 6) is -0.816. The first-order chi connectivity index (χ1) is 7.22. The summed E-state index contributed by atoms with van der Waals surface area (Å²) in [5.41, 5.74) is 0.976. The van der Waals surface area contributed by atoms with Crippen molar-refractivity contribution in [1.82, 2.24) is 0 Å². The fraction of sp³-hybridized carbons (Fsp3) is 0.364. The molecule has 1 aromatic rings. The molecule has 3 nitrogen and oxygen atoms in total. The number of ether oxygens (including phenoxy) is 1. The van der Waals surface area contributed by atoms with Crippen molar-refractivity contribution in [1.29, 1.82) is 0 Å². The first-order valence-corrected chi connectivity index (χ1v) is 5.13. The zero-order valence-corrected chi connectivity index (χ0v) is 8.78. The Bertz CT molecular complexity index is 361. The minimum absolute atomic E-state index is 0.0558. The average Bonchev–Trinajstić information content (AvgIpc) is 2.61. The summed E-state index contributed by atoms with van der Waals surface area (Å²) in [6, 6.07) is 7.26. The summed E-state index contributed by atoms with van der Waals surface area (Å²) in [4.78, 5) is 11.2. The average molecular weight is 227 g/mol. The largest absolute Gasteiger partial charge is 0.465 e. The maximum atomic E-state index is 11.2. The second kappa shape index (κ2) is 4.21. The van der Waals surface area contributed by atoms with Crippen LogP contribution in [0.25, 0.3) is 0 Å². The highest BCUT2D eigenvalue weighted by atomic mass is 35.5. The Morgan fingerprint density at radius 1 is 1.40 bits per heavy atom. The molecule has 0 unspecified atom stereocenters. The van der Waals surface area contributed by atoms with Gasteiger partial charge in [0.1, 0.15) is 0 Å². The summed E-state index contributed by atoms with van der Waals surface area (Å²) in [7, 11) is 0. The van der Waals surface area contributed by atoms with E-state index in [0.29, 0.717) is 11.6 Å². The van der Waals surface area contributed by atoms with Crippen molar-refractivity contribution >= 4 is 17.6 Å². The normalized spacial score (nSPS) is 25.3. The van der Waals surface area contributed by atoms with E-state index < -0.39 is 5.92 Å². The quantitative estimate of drug-likeness (QED) is 0.779. The summed E-state index contributed by atoms with van der Waals surface area (Å²) < 4.78 is 4.92. The highest BCUT2D eigenvalue weighted by Gasteiger charge is 2.37. The molecule has 4 heteroatoms. The number of aliphatic hydroxyl groups is 1. The number of benzene rings is 1. The van der Waals surface area contributed by atoms with Gasteiger partial charge < -0.3 is 9.84 Å². The molecule has 1 saturated heterocycles. The molecule has 0 saturated carbocycles. The van der Waals surface area contributed by atoms with E-state index in [1.54, 1.807) is 12.1 Å². The van der Waals surface area contributed by atoms with E-state index in [9.17, 15) is 4.79 Å². The Labute approximate surface area is 92.6 Å². The smallest absolute Gasteiger partial charge is 0.312 e. The van der Waals surface area contributed by atoms with Gasteiger partial charge in [-0.3, -0.25) is 4.79 Å². The lowest BCUT2D eigenvalue weighted by Gasteiger charge is -2.12. The number of rotatable bonds is 2. The van der Waals surface area contributed by atoms with Gasteiger partial charge in [0.2, 0.25) is 0 Å². The Hall–Kier alpha value is -1.06. The van der Waals surface area contributed by atoms with Crippen LogP contribution in [-0.2, 0) is 9.53 Å². The predicted octanol–water partition coefficient (Wildman–Crippen LogP) is 1.59. The van der Waals surface area contributed by atoms with E-state index in [-0.39, 0.29) is 18.5 Å². The molecule has 0 spiro atoms. The predicted molar refractivity (Wildman–Crippen MR) is 55.7 cm³/mol. The standard InChI is InChI=1S/C11H11ClO3/c12-8-3-1-7(2-4-8)10-6-15-11(14)9(10)5-13/h1-4,9-10,13H,5-6H2/t9-,10-/m1/s1. The molecule has 0 aliphatic carbocycles. The molecule has 80 valence electrons. The second-order valence-corrected chi connectivity index (χ2v) is 4.01. The van der Waals surface area contributed by atoms with E-state index in [2.05, 4.69) is 0 Å². The summed E-state index contributed by atoms with van der Waals surface area (Å²) in [5, 5.41) is 9.75. The summed E-state index contributed by atoms with van der Waals surface area (Å²) in [6.07, 6.45) is 0. The van der Waals surface area contributed by atoms with Crippen LogP contribution in [0.2, 0.25) is 5.02 Å². The maximum Gasteiger partial charge on any atom is 0.312 e. The van der Waals surface area contributed by atoms with Crippen LogP contribution < -0.4 is 0 Å². The van der Waals surface area contributed by atoms with E-state index in [1.807, 2.05) is 12.1 Å². The van der Waals surface area contributed by atoms with Crippen LogP contribution in [0.1, 0.15) is 11.5 Å². The number of halogens is 1. The van der Waals surface area contributed by atoms with Crippen molar-refractivity contribution < 1.29 is 14.6 Å². The number of hydrogen-bond acceptors (Lipinski definition) is 3. The van der Waals surface area contributed by atoms with E-state index in [1.165, 1.54) is 0 Å². The van der Waals surface area contributed by atoms with Crippen molar-refractivity contribution in [2.45, 2.75) is 5.92 Å². The van der Waals surface area contributed by atoms with Crippen molar-refractivity contribution in [3.8, 4) is 0 Å². The molecule has 2 atom stereocenters. The number of carbonyl (C=O) groups is 1. The highest BCUT2D eigenvalue weighted by molar-refractivity contribution is 6.30. The molecular formula is C11H11ClO3. The number of aliphatic hydroxyl groups excluding tert-OH is 1. The monoisotopic (exact) mass is 226 g/mol. The zero-order valence-electron chi connectivity index (χ0n) is 8.02. The first-order valence-electron chi connectivity index (χ1n) is 4.75. The lowest BCUT2D eigenvalue weighted by atomic mass is 9.89. The zero-order chi connectivity index (χ0) is 10.8. The summed E-state index contributed by atoms with van der Waals surface area (Å²) in [6.45, 7) is 0.165. The van der Waals surface area contributed by atoms with Gasteiger partial charge in [0, 0.05) is 10.9 Å². The lowest BCUT2D eigenvalue weighted by Crippen LogP contribution is -2.18. The molecule has 1 aliphatic rings. The van der Waals surface area contributed by atoms with E-state index in [4.69, 9.17) is 21.4 Å². The molecule has 0 bridgehead atoms. The third-order valence-corrected chi connectivity index (χ3v) is 2.94. The molecule has 1 heterocycles. The minimum Gasteiger partial charge on any atom is -0.465 e. The number of esters is 1. The van der Waals surface area contributed by atoms with Crippen LogP contribution in [0.4, 0.5) is 0 Å². The third-order valence-electron chi connectivity index (χ3n) is 2.69. The van der Waals surface area contributed by atoms with Crippen LogP contribution in [0.15, 0.2) is 24.3 Å². The Morgan fingerprint density at radius 2 is 2.07 bits per heavy atom. The van der Waals surface area contributed by atoms with Crippen molar-refractivity contribution in [2.24, 2.45) is 5.92 Å². The fourth-order valence-corrected chi connectivity index (χ4v) is 1.93. The van der Waals surface area contributed by atoms with Gasteiger partial charge >= 0.3 is 5.97 Å². The Balaban J connectivity index is 2.23. The summed E-state index contributed by atoms with van der Waals surface area (Å²) >= 11 is 5.77. The van der Waals surface area contributed by atoms with Crippen LogP contribution in [0.3, 0.4) is 0 Å². The van der Waals surface area contributed by atoms with Crippen LogP contribution in [0, 0.1) is 5.92 Å². The molecule has 0 aromatic heterocycles. The molecular weight excluding hydrogens is 216 g/mol. The van der Waals surface area contributed by atoms with Crippen LogP contribution in [0.5, 0.6) is 0 Å². The molecule has 1 aliphatic heterocycles.